The van der Waals surface area contributed by atoms with Crippen LogP contribution in [0.1, 0.15) is 19.4 Å². The molecule has 1 rings (SSSR count). The summed E-state index contributed by atoms with van der Waals surface area (Å²) in [5, 5.41) is 5.58. The minimum atomic E-state index is -0.130. The molecule has 0 heterocycles. The largest absolute Gasteiger partial charge is 0.496 e. The summed E-state index contributed by atoms with van der Waals surface area (Å²) in [7, 11) is 1.65. The first-order valence-electron chi connectivity index (χ1n) is 5.79. The first-order valence-corrected chi connectivity index (χ1v) is 5.79. The van der Waals surface area contributed by atoms with Crippen LogP contribution in [0, 0.1) is 0 Å². The fraction of sp³-hybridized carbons (Fsp3) is 0.462. The predicted octanol–water partition coefficient (Wildman–Crippen LogP) is 1.95. The van der Waals surface area contributed by atoms with E-state index >= 15 is 0 Å². The normalized spacial score (nSPS) is 10.1. The summed E-state index contributed by atoms with van der Waals surface area (Å²) < 4.78 is 5.24. The van der Waals surface area contributed by atoms with Gasteiger partial charge in [-0.2, -0.15) is 0 Å². The van der Waals surface area contributed by atoms with Crippen molar-refractivity contribution < 1.29 is 9.53 Å². The molecule has 0 aliphatic heterocycles. The van der Waals surface area contributed by atoms with Crippen molar-refractivity contribution >= 4 is 6.03 Å². The molecule has 0 unspecified atom stereocenters. The van der Waals surface area contributed by atoms with Gasteiger partial charge >= 0.3 is 6.03 Å². The molecule has 1 aromatic carbocycles. The van der Waals surface area contributed by atoms with Crippen molar-refractivity contribution in [3.05, 3.63) is 29.8 Å². The number of methoxy groups -OCH3 is 1. The molecule has 0 saturated heterocycles. The molecule has 0 aliphatic carbocycles. The lowest BCUT2D eigenvalue weighted by Gasteiger charge is -2.11. The molecule has 0 saturated carbocycles. The van der Waals surface area contributed by atoms with Crippen LogP contribution in [0.2, 0.25) is 0 Å². The summed E-state index contributed by atoms with van der Waals surface area (Å²) in [4.78, 5) is 11.3. The number of ether oxygens (including phenoxy) is 1. The third-order valence-electron chi connectivity index (χ3n) is 2.29. The monoisotopic (exact) mass is 236 g/mol. The van der Waals surface area contributed by atoms with Gasteiger partial charge in [-0.15, -0.1) is 0 Å². The third-order valence-corrected chi connectivity index (χ3v) is 2.29. The van der Waals surface area contributed by atoms with E-state index < -0.39 is 0 Å². The molecule has 1 aromatic rings. The molecule has 2 amide bonds. The SMILES string of the molecule is COc1ccccc1CCNC(=O)NC(C)C. The number of carbonyl (C=O) groups is 1. The number of hydrogen-bond acceptors (Lipinski definition) is 2. The molecule has 17 heavy (non-hydrogen) atoms. The zero-order valence-electron chi connectivity index (χ0n) is 10.6. The molecule has 0 aliphatic rings. The number of benzene rings is 1. The zero-order valence-corrected chi connectivity index (χ0v) is 10.6. The van der Waals surface area contributed by atoms with Crippen LogP contribution in [0.15, 0.2) is 24.3 Å². The van der Waals surface area contributed by atoms with E-state index in [4.69, 9.17) is 4.74 Å². The van der Waals surface area contributed by atoms with Gasteiger partial charge in [0.2, 0.25) is 0 Å². The van der Waals surface area contributed by atoms with Gasteiger partial charge in [-0.05, 0) is 31.9 Å². The molecule has 4 nitrogen and oxygen atoms in total. The highest BCUT2D eigenvalue weighted by Crippen LogP contribution is 2.17. The Balaban J connectivity index is 2.38. The number of hydrogen-bond donors (Lipinski definition) is 2. The van der Waals surface area contributed by atoms with E-state index in [0.29, 0.717) is 6.54 Å². The number of para-hydroxylation sites is 1. The second-order valence-electron chi connectivity index (χ2n) is 4.12. The topological polar surface area (TPSA) is 50.4 Å². The van der Waals surface area contributed by atoms with Crippen LogP contribution in [-0.2, 0) is 6.42 Å². The fourth-order valence-corrected chi connectivity index (χ4v) is 1.53. The second kappa shape index (κ2) is 6.78. The van der Waals surface area contributed by atoms with E-state index in [2.05, 4.69) is 10.6 Å². The molecule has 0 spiro atoms. The molecule has 94 valence electrons. The number of carbonyl (C=O) groups excluding carboxylic acids is 1. The maximum absolute atomic E-state index is 11.3. The summed E-state index contributed by atoms with van der Waals surface area (Å²) in [5.74, 6) is 0.860. The standard InChI is InChI=1S/C13H20N2O2/c1-10(2)15-13(16)14-9-8-11-6-4-5-7-12(11)17-3/h4-7,10H,8-9H2,1-3H3,(H2,14,15,16). The Hall–Kier alpha value is -1.71. The Morgan fingerprint density at radius 2 is 2.06 bits per heavy atom. The van der Waals surface area contributed by atoms with Crippen molar-refractivity contribution in [1.82, 2.24) is 10.6 Å². The molecular weight excluding hydrogens is 216 g/mol. The molecule has 0 aromatic heterocycles. The molecule has 0 bridgehead atoms. The fourth-order valence-electron chi connectivity index (χ4n) is 1.53. The minimum Gasteiger partial charge on any atom is -0.496 e. The number of urea groups is 1. The maximum atomic E-state index is 11.3. The molecule has 2 N–H and O–H groups in total. The van der Waals surface area contributed by atoms with E-state index in [1.165, 1.54) is 0 Å². The van der Waals surface area contributed by atoms with E-state index in [-0.39, 0.29) is 12.1 Å². The number of amides is 2. The Kier molecular flexibility index (Phi) is 5.33. The Bertz CT molecular complexity index is 364. The van der Waals surface area contributed by atoms with Gasteiger partial charge in [-0.25, -0.2) is 4.79 Å². The Labute approximate surface area is 102 Å². The zero-order chi connectivity index (χ0) is 12.7. The lowest BCUT2D eigenvalue weighted by molar-refractivity contribution is 0.238. The van der Waals surface area contributed by atoms with Crippen LogP contribution in [0.5, 0.6) is 5.75 Å². The van der Waals surface area contributed by atoms with Crippen LogP contribution in [0.3, 0.4) is 0 Å². The molecule has 4 heteroatoms. The van der Waals surface area contributed by atoms with Crippen LogP contribution in [0.4, 0.5) is 4.79 Å². The molecular formula is C13H20N2O2. The maximum Gasteiger partial charge on any atom is 0.314 e. The summed E-state index contributed by atoms with van der Waals surface area (Å²) in [6.07, 6.45) is 0.759. The highest BCUT2D eigenvalue weighted by atomic mass is 16.5. The first-order chi connectivity index (χ1) is 8.13. The summed E-state index contributed by atoms with van der Waals surface area (Å²) in [6.45, 7) is 4.46. The van der Waals surface area contributed by atoms with E-state index in [1.54, 1.807) is 7.11 Å². The van der Waals surface area contributed by atoms with Gasteiger partial charge in [0, 0.05) is 12.6 Å². The third kappa shape index (κ3) is 4.76. The van der Waals surface area contributed by atoms with Crippen molar-refractivity contribution in [3.8, 4) is 5.75 Å². The first kappa shape index (κ1) is 13.4. The predicted molar refractivity (Wildman–Crippen MR) is 68.4 cm³/mol. The highest BCUT2D eigenvalue weighted by molar-refractivity contribution is 5.74. The van der Waals surface area contributed by atoms with E-state index in [1.807, 2.05) is 38.1 Å². The van der Waals surface area contributed by atoms with Gasteiger partial charge < -0.3 is 15.4 Å². The van der Waals surface area contributed by atoms with Crippen LogP contribution in [0.25, 0.3) is 0 Å². The second-order valence-corrected chi connectivity index (χ2v) is 4.12. The molecule has 0 radical (unpaired) electrons. The van der Waals surface area contributed by atoms with Gasteiger partial charge in [-0.1, -0.05) is 18.2 Å². The summed E-state index contributed by atoms with van der Waals surface area (Å²) in [6, 6.07) is 7.84. The van der Waals surface area contributed by atoms with Crippen molar-refractivity contribution in [3.63, 3.8) is 0 Å². The minimum absolute atomic E-state index is 0.130. The smallest absolute Gasteiger partial charge is 0.314 e. The quantitative estimate of drug-likeness (QED) is 0.821. The molecule has 0 atom stereocenters. The summed E-state index contributed by atoms with van der Waals surface area (Å²) >= 11 is 0. The number of rotatable bonds is 5. The lowest BCUT2D eigenvalue weighted by atomic mass is 10.1. The Morgan fingerprint density at radius 3 is 2.71 bits per heavy atom. The highest BCUT2D eigenvalue weighted by Gasteiger charge is 2.04. The van der Waals surface area contributed by atoms with Crippen molar-refractivity contribution in [2.24, 2.45) is 0 Å². The summed E-state index contributed by atoms with van der Waals surface area (Å²) in [5.41, 5.74) is 1.10. The van der Waals surface area contributed by atoms with Crippen LogP contribution >= 0.6 is 0 Å². The van der Waals surface area contributed by atoms with Crippen molar-refractivity contribution in [2.75, 3.05) is 13.7 Å². The van der Waals surface area contributed by atoms with E-state index in [9.17, 15) is 4.79 Å². The van der Waals surface area contributed by atoms with Gasteiger partial charge in [0.15, 0.2) is 0 Å². The Morgan fingerprint density at radius 1 is 1.35 bits per heavy atom. The van der Waals surface area contributed by atoms with Crippen LogP contribution < -0.4 is 15.4 Å². The average Bonchev–Trinajstić information content (AvgIpc) is 2.28. The van der Waals surface area contributed by atoms with Gasteiger partial charge in [0.25, 0.3) is 0 Å². The van der Waals surface area contributed by atoms with Crippen LogP contribution in [-0.4, -0.2) is 25.7 Å². The van der Waals surface area contributed by atoms with Gasteiger partial charge in [0.1, 0.15) is 5.75 Å². The lowest BCUT2D eigenvalue weighted by Crippen LogP contribution is -2.40. The van der Waals surface area contributed by atoms with Crippen molar-refractivity contribution in [2.45, 2.75) is 26.3 Å². The number of nitrogens with one attached hydrogen (secondary N) is 2. The van der Waals surface area contributed by atoms with Gasteiger partial charge in [0.05, 0.1) is 7.11 Å². The molecule has 0 fully saturated rings. The van der Waals surface area contributed by atoms with Crippen molar-refractivity contribution in [1.29, 1.82) is 0 Å². The van der Waals surface area contributed by atoms with Gasteiger partial charge in [-0.3, -0.25) is 0 Å². The van der Waals surface area contributed by atoms with E-state index in [0.717, 1.165) is 17.7 Å². The average molecular weight is 236 g/mol.